The number of nitrogens with zero attached hydrogens (tertiary/aromatic N) is 1. The van der Waals surface area contributed by atoms with E-state index in [0.29, 0.717) is 31.1 Å². The maximum Gasteiger partial charge on any atom is 0.224 e. The summed E-state index contributed by atoms with van der Waals surface area (Å²) in [5.41, 5.74) is 6.32. The van der Waals surface area contributed by atoms with Crippen molar-refractivity contribution >= 4 is 17.5 Å². The van der Waals surface area contributed by atoms with Crippen LogP contribution < -0.4 is 5.73 Å². The van der Waals surface area contributed by atoms with Crippen LogP contribution in [0.5, 0.6) is 0 Å². The number of nitrogens with two attached hydrogens (primary N) is 1. The maximum absolute atomic E-state index is 11.8. The highest BCUT2D eigenvalue weighted by Crippen LogP contribution is 2.17. The van der Waals surface area contributed by atoms with E-state index in [9.17, 15) is 4.79 Å². The van der Waals surface area contributed by atoms with Crippen molar-refractivity contribution in [2.45, 2.75) is 13.0 Å². The van der Waals surface area contributed by atoms with E-state index in [0.717, 1.165) is 5.56 Å². The molecular formula is C13H17ClN2O. The van der Waals surface area contributed by atoms with Crippen LogP contribution in [0.3, 0.4) is 0 Å². The third-order valence-corrected chi connectivity index (χ3v) is 2.75. The van der Waals surface area contributed by atoms with Crippen LogP contribution in [0.2, 0.25) is 5.02 Å². The summed E-state index contributed by atoms with van der Waals surface area (Å²) in [6, 6.07) is 7.50. The minimum Gasteiger partial charge on any atom is -0.335 e. The molecule has 0 aliphatic carbocycles. The van der Waals surface area contributed by atoms with Gasteiger partial charge in [0.2, 0.25) is 5.91 Å². The first-order chi connectivity index (χ1) is 8.19. The molecule has 17 heavy (non-hydrogen) atoms. The molecule has 1 rings (SSSR count). The summed E-state index contributed by atoms with van der Waals surface area (Å²) in [6.07, 6.45) is 2.05. The summed E-state index contributed by atoms with van der Waals surface area (Å²) in [6.45, 7) is 5.00. The fraction of sp³-hybridized carbons (Fsp3) is 0.308. The molecule has 1 amide bonds. The molecule has 92 valence electrons. The number of carbonyl (C=O) groups excluding carboxylic acids is 1. The first-order valence-corrected chi connectivity index (χ1v) is 5.89. The average molecular weight is 253 g/mol. The highest BCUT2D eigenvalue weighted by molar-refractivity contribution is 6.31. The standard InChI is InChI=1S/C13H17ClN2O/c1-2-9-16(13(17)7-8-15)10-11-5-3-4-6-12(11)14/h2-6H,1,7-10,15H2. The van der Waals surface area contributed by atoms with E-state index in [1.807, 2.05) is 24.3 Å². The smallest absolute Gasteiger partial charge is 0.224 e. The fourth-order valence-electron chi connectivity index (χ4n) is 1.52. The van der Waals surface area contributed by atoms with E-state index in [1.165, 1.54) is 0 Å². The molecule has 4 heteroatoms. The van der Waals surface area contributed by atoms with Crippen molar-refractivity contribution in [3.8, 4) is 0 Å². The van der Waals surface area contributed by atoms with Gasteiger partial charge in [0.15, 0.2) is 0 Å². The highest BCUT2D eigenvalue weighted by Gasteiger charge is 2.12. The molecule has 0 spiro atoms. The Morgan fingerprint density at radius 1 is 1.47 bits per heavy atom. The van der Waals surface area contributed by atoms with Gasteiger partial charge in [-0.25, -0.2) is 0 Å². The van der Waals surface area contributed by atoms with Gasteiger partial charge in [-0.1, -0.05) is 35.9 Å². The molecule has 2 N–H and O–H groups in total. The van der Waals surface area contributed by atoms with Gasteiger partial charge in [0, 0.05) is 31.1 Å². The Kier molecular flexibility index (Phi) is 5.73. The van der Waals surface area contributed by atoms with Gasteiger partial charge in [0.05, 0.1) is 0 Å². The molecule has 0 unspecified atom stereocenters. The Bertz CT molecular complexity index is 393. The SMILES string of the molecule is C=CCN(Cc1ccccc1Cl)C(=O)CCN. The predicted molar refractivity (Wildman–Crippen MR) is 70.7 cm³/mol. The number of hydrogen-bond acceptors (Lipinski definition) is 2. The molecule has 1 aromatic carbocycles. The van der Waals surface area contributed by atoms with Gasteiger partial charge < -0.3 is 10.6 Å². The van der Waals surface area contributed by atoms with Gasteiger partial charge >= 0.3 is 0 Å². The van der Waals surface area contributed by atoms with Crippen molar-refractivity contribution in [2.24, 2.45) is 5.73 Å². The lowest BCUT2D eigenvalue weighted by Gasteiger charge is -2.21. The molecule has 0 bridgehead atoms. The molecule has 0 aliphatic heterocycles. The number of amides is 1. The Morgan fingerprint density at radius 2 is 2.18 bits per heavy atom. The number of halogens is 1. The monoisotopic (exact) mass is 252 g/mol. The average Bonchev–Trinajstić information content (AvgIpc) is 2.31. The van der Waals surface area contributed by atoms with Crippen molar-refractivity contribution in [1.82, 2.24) is 4.90 Å². The van der Waals surface area contributed by atoms with Crippen LogP contribution in [0, 0.1) is 0 Å². The Morgan fingerprint density at radius 3 is 2.76 bits per heavy atom. The lowest BCUT2D eigenvalue weighted by molar-refractivity contribution is -0.131. The second kappa shape index (κ2) is 7.09. The Labute approximate surface area is 107 Å². The Balaban J connectivity index is 2.76. The highest BCUT2D eigenvalue weighted by atomic mass is 35.5. The molecule has 1 aromatic rings. The molecule has 3 nitrogen and oxygen atoms in total. The second-order valence-electron chi connectivity index (χ2n) is 3.69. The van der Waals surface area contributed by atoms with E-state index >= 15 is 0 Å². The van der Waals surface area contributed by atoms with Crippen LogP contribution in [-0.4, -0.2) is 23.9 Å². The summed E-state index contributed by atoms with van der Waals surface area (Å²) in [7, 11) is 0. The first-order valence-electron chi connectivity index (χ1n) is 5.51. The summed E-state index contributed by atoms with van der Waals surface area (Å²) >= 11 is 6.06. The zero-order chi connectivity index (χ0) is 12.7. The molecule has 0 radical (unpaired) electrons. The van der Waals surface area contributed by atoms with E-state index < -0.39 is 0 Å². The van der Waals surface area contributed by atoms with E-state index in [-0.39, 0.29) is 5.91 Å². The third-order valence-electron chi connectivity index (χ3n) is 2.38. The van der Waals surface area contributed by atoms with Crippen LogP contribution in [0.4, 0.5) is 0 Å². The van der Waals surface area contributed by atoms with Gasteiger partial charge in [0.1, 0.15) is 0 Å². The molecule has 0 heterocycles. The molecule has 0 fully saturated rings. The largest absolute Gasteiger partial charge is 0.335 e. The van der Waals surface area contributed by atoms with Crippen molar-refractivity contribution < 1.29 is 4.79 Å². The normalized spacial score (nSPS) is 10.0. The van der Waals surface area contributed by atoms with Crippen LogP contribution >= 0.6 is 11.6 Å². The van der Waals surface area contributed by atoms with E-state index in [4.69, 9.17) is 17.3 Å². The van der Waals surface area contributed by atoms with Crippen LogP contribution in [0.25, 0.3) is 0 Å². The molecule has 0 aliphatic rings. The van der Waals surface area contributed by atoms with Crippen LogP contribution in [0.1, 0.15) is 12.0 Å². The van der Waals surface area contributed by atoms with Crippen molar-refractivity contribution in [1.29, 1.82) is 0 Å². The van der Waals surface area contributed by atoms with Crippen LogP contribution in [-0.2, 0) is 11.3 Å². The number of hydrogen-bond donors (Lipinski definition) is 1. The molecule has 0 atom stereocenters. The first kappa shape index (κ1) is 13.7. The van der Waals surface area contributed by atoms with Crippen molar-refractivity contribution in [3.63, 3.8) is 0 Å². The zero-order valence-electron chi connectivity index (χ0n) is 9.73. The van der Waals surface area contributed by atoms with Gasteiger partial charge in [0.25, 0.3) is 0 Å². The van der Waals surface area contributed by atoms with Gasteiger partial charge in [-0.05, 0) is 11.6 Å². The molecular weight excluding hydrogens is 236 g/mol. The second-order valence-corrected chi connectivity index (χ2v) is 4.10. The number of rotatable bonds is 6. The van der Waals surface area contributed by atoms with E-state index in [1.54, 1.807) is 11.0 Å². The third kappa shape index (κ3) is 4.21. The zero-order valence-corrected chi connectivity index (χ0v) is 10.5. The van der Waals surface area contributed by atoms with Gasteiger partial charge in [-0.3, -0.25) is 4.79 Å². The quantitative estimate of drug-likeness (QED) is 0.789. The van der Waals surface area contributed by atoms with Crippen molar-refractivity contribution in [3.05, 3.63) is 47.5 Å². The Hall–Kier alpha value is -1.32. The summed E-state index contributed by atoms with van der Waals surface area (Å²) in [5.74, 6) is 0.0207. The number of carbonyl (C=O) groups is 1. The lowest BCUT2D eigenvalue weighted by atomic mass is 10.2. The maximum atomic E-state index is 11.8. The molecule has 0 aromatic heterocycles. The molecule has 0 saturated carbocycles. The molecule has 0 saturated heterocycles. The van der Waals surface area contributed by atoms with Gasteiger partial charge in [-0.15, -0.1) is 6.58 Å². The van der Waals surface area contributed by atoms with E-state index in [2.05, 4.69) is 6.58 Å². The van der Waals surface area contributed by atoms with Crippen molar-refractivity contribution in [2.75, 3.05) is 13.1 Å². The van der Waals surface area contributed by atoms with Gasteiger partial charge in [-0.2, -0.15) is 0 Å². The predicted octanol–water partition coefficient (Wildman–Crippen LogP) is 2.20. The minimum atomic E-state index is 0.0207. The topological polar surface area (TPSA) is 46.3 Å². The summed E-state index contributed by atoms with van der Waals surface area (Å²) < 4.78 is 0. The fourth-order valence-corrected chi connectivity index (χ4v) is 1.72. The number of benzene rings is 1. The van der Waals surface area contributed by atoms with Crippen LogP contribution in [0.15, 0.2) is 36.9 Å². The summed E-state index contributed by atoms with van der Waals surface area (Å²) in [5, 5.41) is 0.669. The lowest BCUT2D eigenvalue weighted by Crippen LogP contribution is -2.32. The summed E-state index contributed by atoms with van der Waals surface area (Å²) in [4.78, 5) is 13.5. The minimum absolute atomic E-state index is 0.0207.